The Bertz CT molecular complexity index is 1030. The Balaban J connectivity index is 1.32. The minimum Gasteiger partial charge on any atom is -0.495 e. The third-order valence-corrected chi connectivity index (χ3v) is 8.40. The molecule has 6 nitrogen and oxygen atoms in total. The first-order chi connectivity index (χ1) is 15.4. The first kappa shape index (κ1) is 23.0. The topological polar surface area (TPSA) is 59.1 Å². The summed E-state index contributed by atoms with van der Waals surface area (Å²) < 4.78 is 53.0. The van der Waals surface area contributed by atoms with Crippen LogP contribution in [0, 0.1) is 12.7 Å². The van der Waals surface area contributed by atoms with Crippen LogP contribution in [-0.4, -0.2) is 63.1 Å². The van der Waals surface area contributed by atoms with Crippen molar-refractivity contribution >= 4 is 10.0 Å². The second-order valence-electron chi connectivity index (χ2n) is 8.57. The molecule has 0 spiro atoms. The predicted octanol–water partition coefficient (Wildman–Crippen LogP) is 3.84. The molecule has 2 heterocycles. The maximum Gasteiger partial charge on any atom is 0.246 e. The van der Waals surface area contributed by atoms with Gasteiger partial charge in [0.05, 0.1) is 7.11 Å². The molecule has 0 amide bonds. The van der Waals surface area contributed by atoms with E-state index in [1.807, 2.05) is 13.0 Å². The van der Waals surface area contributed by atoms with Crippen molar-refractivity contribution in [3.8, 4) is 11.5 Å². The number of halogens is 1. The Labute approximate surface area is 190 Å². The Kier molecular flexibility index (Phi) is 7.02. The van der Waals surface area contributed by atoms with Gasteiger partial charge >= 0.3 is 0 Å². The standard InChI is InChI=1S/C24H31FN2O4S/c1-18-7-8-23(30-2)24(17-18)32(28,29)27-15-9-19(10-16-27)26-13-11-20(12-14-26)31-22-6-4-3-5-21(22)25/h3-8,17,19-20H,9-16H2,1-2H3. The zero-order chi connectivity index (χ0) is 22.7. The van der Waals surface area contributed by atoms with Crippen LogP contribution in [0.4, 0.5) is 4.39 Å². The van der Waals surface area contributed by atoms with E-state index in [1.54, 1.807) is 34.6 Å². The Morgan fingerprint density at radius 3 is 2.28 bits per heavy atom. The highest BCUT2D eigenvalue weighted by molar-refractivity contribution is 7.89. The van der Waals surface area contributed by atoms with Crippen molar-refractivity contribution in [2.24, 2.45) is 0 Å². The van der Waals surface area contributed by atoms with Crippen molar-refractivity contribution in [3.05, 3.63) is 53.8 Å². The van der Waals surface area contributed by atoms with Crippen LogP contribution < -0.4 is 9.47 Å². The molecule has 0 saturated carbocycles. The monoisotopic (exact) mass is 462 g/mol. The van der Waals surface area contributed by atoms with Crippen LogP contribution in [0.2, 0.25) is 0 Å². The molecule has 0 atom stereocenters. The van der Waals surface area contributed by atoms with E-state index < -0.39 is 10.0 Å². The van der Waals surface area contributed by atoms with E-state index in [9.17, 15) is 12.8 Å². The summed E-state index contributed by atoms with van der Waals surface area (Å²) in [4.78, 5) is 2.67. The minimum atomic E-state index is -3.59. The molecule has 0 N–H and O–H groups in total. The molecule has 174 valence electrons. The molecule has 0 unspecified atom stereocenters. The molecule has 0 radical (unpaired) electrons. The highest BCUT2D eigenvalue weighted by Crippen LogP contribution is 2.31. The van der Waals surface area contributed by atoms with Gasteiger partial charge < -0.3 is 14.4 Å². The lowest BCUT2D eigenvalue weighted by atomic mass is 10.00. The van der Waals surface area contributed by atoms with E-state index in [4.69, 9.17) is 9.47 Å². The smallest absolute Gasteiger partial charge is 0.246 e. The number of rotatable bonds is 6. The molecule has 2 aromatic carbocycles. The second-order valence-corrected chi connectivity index (χ2v) is 10.5. The molecular weight excluding hydrogens is 431 g/mol. The number of benzene rings is 2. The Morgan fingerprint density at radius 2 is 1.62 bits per heavy atom. The number of nitrogens with zero attached hydrogens (tertiary/aromatic N) is 2. The van der Waals surface area contributed by atoms with Crippen molar-refractivity contribution in [1.82, 2.24) is 9.21 Å². The minimum absolute atomic E-state index is 0.0115. The number of piperidine rings is 2. The van der Waals surface area contributed by atoms with Gasteiger partial charge in [0, 0.05) is 32.2 Å². The quantitative estimate of drug-likeness (QED) is 0.653. The summed E-state index contributed by atoms with van der Waals surface area (Å²) in [6.45, 7) is 4.63. The van der Waals surface area contributed by atoms with Crippen molar-refractivity contribution in [1.29, 1.82) is 0 Å². The third kappa shape index (κ3) is 4.92. The molecule has 2 fully saturated rings. The number of para-hydroxylation sites is 1. The van der Waals surface area contributed by atoms with Gasteiger partial charge in [-0.25, -0.2) is 12.8 Å². The molecule has 0 aliphatic carbocycles. The van der Waals surface area contributed by atoms with Gasteiger partial charge in [-0.3, -0.25) is 0 Å². The van der Waals surface area contributed by atoms with E-state index in [0.717, 1.165) is 44.3 Å². The van der Waals surface area contributed by atoms with Gasteiger partial charge in [0.25, 0.3) is 0 Å². The fraction of sp³-hybridized carbons (Fsp3) is 0.500. The van der Waals surface area contributed by atoms with Crippen LogP contribution in [0.15, 0.2) is 47.4 Å². The maximum absolute atomic E-state index is 13.8. The molecule has 2 aliphatic rings. The fourth-order valence-electron chi connectivity index (χ4n) is 4.65. The number of aryl methyl sites for hydroxylation is 1. The third-order valence-electron chi connectivity index (χ3n) is 6.48. The molecule has 0 aromatic heterocycles. The molecule has 4 rings (SSSR count). The van der Waals surface area contributed by atoms with Crippen LogP contribution in [0.3, 0.4) is 0 Å². The van der Waals surface area contributed by atoms with E-state index in [0.29, 0.717) is 30.6 Å². The summed E-state index contributed by atoms with van der Waals surface area (Å²) in [6.07, 6.45) is 3.29. The van der Waals surface area contributed by atoms with Crippen molar-refractivity contribution < 1.29 is 22.3 Å². The zero-order valence-electron chi connectivity index (χ0n) is 18.7. The fourth-order valence-corrected chi connectivity index (χ4v) is 6.36. The number of likely N-dealkylation sites (tertiary alicyclic amines) is 1. The number of sulfonamides is 1. The van der Waals surface area contributed by atoms with E-state index >= 15 is 0 Å². The SMILES string of the molecule is COc1ccc(C)cc1S(=O)(=O)N1CCC(N2CCC(Oc3ccccc3F)CC2)CC1. The van der Waals surface area contributed by atoms with E-state index in [-0.39, 0.29) is 16.8 Å². The van der Waals surface area contributed by atoms with Crippen LogP contribution in [-0.2, 0) is 10.0 Å². The Hall–Kier alpha value is -2.16. The highest BCUT2D eigenvalue weighted by atomic mass is 32.2. The normalized spacial score (nSPS) is 19.7. The molecule has 0 bridgehead atoms. The van der Waals surface area contributed by atoms with Gasteiger partial charge in [-0.15, -0.1) is 0 Å². The van der Waals surface area contributed by atoms with Gasteiger partial charge in [0.15, 0.2) is 11.6 Å². The molecule has 2 aliphatic heterocycles. The highest BCUT2D eigenvalue weighted by Gasteiger charge is 2.34. The van der Waals surface area contributed by atoms with Crippen molar-refractivity contribution in [2.45, 2.75) is 49.6 Å². The summed E-state index contributed by atoms with van der Waals surface area (Å²) >= 11 is 0. The van der Waals surface area contributed by atoms with Crippen molar-refractivity contribution in [2.75, 3.05) is 33.3 Å². The van der Waals surface area contributed by atoms with Gasteiger partial charge in [-0.1, -0.05) is 18.2 Å². The number of hydrogen-bond donors (Lipinski definition) is 0. The van der Waals surface area contributed by atoms with Crippen LogP contribution >= 0.6 is 0 Å². The Morgan fingerprint density at radius 1 is 0.938 bits per heavy atom. The van der Waals surface area contributed by atoms with Gasteiger partial charge in [0.1, 0.15) is 16.7 Å². The summed E-state index contributed by atoms with van der Waals surface area (Å²) in [5, 5.41) is 0. The van der Waals surface area contributed by atoms with Gasteiger partial charge in [0.2, 0.25) is 10.0 Å². The summed E-state index contributed by atoms with van der Waals surface area (Å²) in [5.41, 5.74) is 0.889. The predicted molar refractivity (Wildman–Crippen MR) is 121 cm³/mol. The lowest BCUT2D eigenvalue weighted by molar-refractivity contribution is 0.0567. The molecule has 32 heavy (non-hydrogen) atoms. The number of ether oxygens (including phenoxy) is 2. The molecule has 2 saturated heterocycles. The molecule has 2 aromatic rings. The summed E-state index contributed by atoms with van der Waals surface area (Å²) in [6, 6.07) is 12.1. The second kappa shape index (κ2) is 9.77. The van der Waals surface area contributed by atoms with Crippen LogP contribution in [0.5, 0.6) is 11.5 Å². The maximum atomic E-state index is 13.8. The first-order valence-corrected chi connectivity index (χ1v) is 12.6. The van der Waals surface area contributed by atoms with Crippen molar-refractivity contribution in [3.63, 3.8) is 0 Å². The first-order valence-electron chi connectivity index (χ1n) is 11.2. The van der Waals surface area contributed by atoms with E-state index in [1.165, 1.54) is 13.2 Å². The lowest BCUT2D eigenvalue weighted by Crippen LogP contribution is -2.50. The zero-order valence-corrected chi connectivity index (χ0v) is 19.5. The average Bonchev–Trinajstić information content (AvgIpc) is 2.81. The molecule has 8 heteroatoms. The largest absolute Gasteiger partial charge is 0.495 e. The van der Waals surface area contributed by atoms with Gasteiger partial charge in [-0.2, -0.15) is 4.31 Å². The van der Waals surface area contributed by atoms with Crippen LogP contribution in [0.1, 0.15) is 31.2 Å². The number of hydrogen-bond acceptors (Lipinski definition) is 5. The summed E-state index contributed by atoms with van der Waals surface area (Å²) in [7, 11) is -2.10. The van der Waals surface area contributed by atoms with Gasteiger partial charge in [-0.05, 0) is 62.4 Å². The van der Waals surface area contributed by atoms with E-state index in [2.05, 4.69) is 4.90 Å². The van der Waals surface area contributed by atoms with Crippen LogP contribution in [0.25, 0.3) is 0 Å². The molecular formula is C24H31FN2O4S. The average molecular weight is 463 g/mol. The number of methoxy groups -OCH3 is 1. The lowest BCUT2D eigenvalue weighted by Gasteiger charge is -2.41. The summed E-state index contributed by atoms with van der Waals surface area (Å²) in [5.74, 6) is 0.374.